The van der Waals surface area contributed by atoms with Crippen molar-refractivity contribution in [2.24, 2.45) is 11.8 Å². The number of ether oxygens (including phenoxy) is 1. The Bertz CT molecular complexity index is 1060. The number of esters is 1. The van der Waals surface area contributed by atoms with Crippen molar-refractivity contribution in [3.8, 4) is 0 Å². The van der Waals surface area contributed by atoms with E-state index in [2.05, 4.69) is 31.3 Å². The molecule has 0 spiro atoms. The maximum absolute atomic E-state index is 13.5. The number of carbonyl (C=O) groups excluding carboxylic acids is 3. The van der Waals surface area contributed by atoms with Crippen LogP contribution in [0.2, 0.25) is 0 Å². The number of likely N-dealkylation sites (tertiary alicyclic amines) is 1. The molecule has 2 amide bonds. The van der Waals surface area contributed by atoms with Crippen LogP contribution >= 0.6 is 11.8 Å². The van der Waals surface area contributed by atoms with Crippen LogP contribution in [0.15, 0.2) is 59.5 Å². The number of benzene rings is 2. The lowest BCUT2D eigenvalue weighted by molar-refractivity contribution is -0.154. The van der Waals surface area contributed by atoms with Crippen molar-refractivity contribution in [3.05, 3.63) is 65.7 Å². The van der Waals surface area contributed by atoms with Crippen LogP contribution in [-0.4, -0.2) is 47.1 Å². The summed E-state index contributed by atoms with van der Waals surface area (Å²) in [6.45, 7) is 6.43. The standard InChI is InChI=1S/C27H32N2O4S/c1-5-17(3)34-20-14-12-19(13-15-20)23-21-22(25(31)29(6-2)24(21)30)27(28-23,26(32)33-4)16-18-10-8-7-9-11-18/h7-15,17,21-23,28H,5-6,16H2,1-4H3/t17?,21?,22?,23?,27-/m1/s1. The summed E-state index contributed by atoms with van der Waals surface area (Å²) in [7, 11) is 1.33. The van der Waals surface area contributed by atoms with Crippen molar-refractivity contribution >= 4 is 29.5 Å². The molecule has 6 nitrogen and oxygen atoms in total. The molecule has 2 heterocycles. The average molecular weight is 481 g/mol. The lowest BCUT2D eigenvalue weighted by atomic mass is 9.76. The molecule has 0 aliphatic carbocycles. The minimum atomic E-state index is -1.33. The molecule has 2 aromatic carbocycles. The van der Waals surface area contributed by atoms with Gasteiger partial charge in [-0.2, -0.15) is 0 Å². The van der Waals surface area contributed by atoms with Gasteiger partial charge in [0, 0.05) is 29.2 Å². The molecule has 2 aliphatic rings. The zero-order valence-corrected chi connectivity index (χ0v) is 20.9. The van der Waals surface area contributed by atoms with E-state index in [1.807, 2.05) is 42.5 Å². The third-order valence-corrected chi connectivity index (χ3v) is 8.37. The summed E-state index contributed by atoms with van der Waals surface area (Å²) in [4.78, 5) is 42.7. The van der Waals surface area contributed by atoms with E-state index >= 15 is 0 Å². The number of fused-ring (bicyclic) bond motifs is 1. The topological polar surface area (TPSA) is 75.7 Å². The number of rotatable bonds is 8. The normalized spacial score (nSPS) is 27.1. The van der Waals surface area contributed by atoms with Crippen LogP contribution < -0.4 is 5.32 Å². The third kappa shape index (κ3) is 4.16. The number of hydrogen-bond donors (Lipinski definition) is 1. The van der Waals surface area contributed by atoms with E-state index in [9.17, 15) is 14.4 Å². The van der Waals surface area contributed by atoms with Crippen LogP contribution in [0.1, 0.15) is 44.4 Å². The van der Waals surface area contributed by atoms with Crippen molar-refractivity contribution in [1.82, 2.24) is 10.2 Å². The van der Waals surface area contributed by atoms with E-state index in [1.165, 1.54) is 12.0 Å². The van der Waals surface area contributed by atoms with Crippen molar-refractivity contribution in [1.29, 1.82) is 0 Å². The second-order valence-electron chi connectivity index (χ2n) is 9.08. The number of nitrogens with zero attached hydrogens (tertiary/aromatic N) is 1. The first kappa shape index (κ1) is 24.5. The summed E-state index contributed by atoms with van der Waals surface area (Å²) < 4.78 is 5.24. The molecule has 2 aliphatic heterocycles. The van der Waals surface area contributed by atoms with Crippen LogP contribution in [0.5, 0.6) is 0 Å². The van der Waals surface area contributed by atoms with E-state index in [4.69, 9.17) is 4.74 Å². The smallest absolute Gasteiger partial charge is 0.327 e. The molecular weight excluding hydrogens is 448 g/mol. The fourth-order valence-corrected chi connectivity index (χ4v) is 6.18. The summed E-state index contributed by atoms with van der Waals surface area (Å²) in [5.74, 6) is -2.54. The predicted octanol–water partition coefficient (Wildman–Crippen LogP) is 4.00. The van der Waals surface area contributed by atoms with Gasteiger partial charge in [-0.3, -0.25) is 24.6 Å². The van der Waals surface area contributed by atoms with Gasteiger partial charge in [0.05, 0.1) is 18.9 Å². The molecule has 2 aromatic rings. The Morgan fingerprint density at radius 2 is 1.76 bits per heavy atom. The van der Waals surface area contributed by atoms with Gasteiger partial charge in [-0.25, -0.2) is 0 Å². The Hall–Kier alpha value is -2.64. The van der Waals surface area contributed by atoms with Gasteiger partial charge in [0.2, 0.25) is 11.8 Å². The molecule has 7 heteroatoms. The van der Waals surface area contributed by atoms with E-state index in [1.54, 1.807) is 18.7 Å². The van der Waals surface area contributed by atoms with Crippen LogP contribution in [0.3, 0.4) is 0 Å². The van der Waals surface area contributed by atoms with Gasteiger partial charge in [-0.15, -0.1) is 11.8 Å². The maximum atomic E-state index is 13.5. The fraction of sp³-hybridized carbons (Fsp3) is 0.444. The van der Waals surface area contributed by atoms with Crippen molar-refractivity contribution in [2.75, 3.05) is 13.7 Å². The first-order valence-electron chi connectivity index (χ1n) is 11.9. The van der Waals surface area contributed by atoms with Gasteiger partial charge in [0.1, 0.15) is 5.54 Å². The highest BCUT2D eigenvalue weighted by Crippen LogP contribution is 2.50. The predicted molar refractivity (Wildman–Crippen MR) is 132 cm³/mol. The second-order valence-corrected chi connectivity index (χ2v) is 10.6. The number of imide groups is 1. The first-order chi connectivity index (χ1) is 16.4. The lowest BCUT2D eigenvalue weighted by Gasteiger charge is -2.32. The van der Waals surface area contributed by atoms with Gasteiger partial charge in [-0.05, 0) is 36.6 Å². The van der Waals surface area contributed by atoms with E-state index in [-0.39, 0.29) is 24.8 Å². The largest absolute Gasteiger partial charge is 0.468 e. The molecule has 0 bridgehead atoms. The van der Waals surface area contributed by atoms with Gasteiger partial charge >= 0.3 is 5.97 Å². The molecule has 2 saturated heterocycles. The monoisotopic (exact) mass is 480 g/mol. The number of thioether (sulfide) groups is 1. The molecular formula is C27H32N2O4S. The van der Waals surface area contributed by atoms with Crippen LogP contribution in [0.4, 0.5) is 0 Å². The van der Waals surface area contributed by atoms with Crippen molar-refractivity contribution in [2.45, 2.75) is 55.3 Å². The second kappa shape index (κ2) is 9.92. The van der Waals surface area contributed by atoms with Gasteiger partial charge in [0.15, 0.2) is 0 Å². The molecule has 4 rings (SSSR count). The highest BCUT2D eigenvalue weighted by molar-refractivity contribution is 7.99. The Labute approximate surface area is 205 Å². The number of amides is 2. The Balaban J connectivity index is 1.77. The molecule has 0 saturated carbocycles. The number of hydrogen-bond acceptors (Lipinski definition) is 6. The molecule has 4 unspecified atom stereocenters. The quantitative estimate of drug-likeness (QED) is 0.350. The number of carbonyl (C=O) groups is 3. The minimum absolute atomic E-state index is 0.230. The van der Waals surface area contributed by atoms with Gasteiger partial charge in [-0.1, -0.05) is 56.3 Å². The van der Waals surface area contributed by atoms with Gasteiger partial charge in [0.25, 0.3) is 0 Å². The van der Waals surface area contributed by atoms with Crippen LogP contribution in [0.25, 0.3) is 0 Å². The number of methoxy groups -OCH3 is 1. The number of nitrogens with one attached hydrogen (secondary N) is 1. The SMILES string of the molecule is CCC(C)Sc1ccc(C2N[C@@](Cc3ccccc3)(C(=O)OC)C3C(=O)N(CC)C(=O)C23)cc1. The van der Waals surface area contributed by atoms with Crippen molar-refractivity contribution < 1.29 is 19.1 Å². The van der Waals surface area contributed by atoms with E-state index < -0.39 is 29.4 Å². The third-order valence-electron chi connectivity index (χ3n) is 7.09. The Kier molecular flexibility index (Phi) is 7.14. The Morgan fingerprint density at radius 1 is 1.09 bits per heavy atom. The first-order valence-corrected chi connectivity index (χ1v) is 12.8. The summed E-state index contributed by atoms with van der Waals surface area (Å²) in [6.07, 6.45) is 1.33. The average Bonchev–Trinajstić information content (AvgIpc) is 3.33. The molecule has 0 radical (unpaired) electrons. The molecule has 0 aromatic heterocycles. The summed E-state index contributed by atoms with van der Waals surface area (Å²) in [5.41, 5.74) is 0.462. The highest BCUT2D eigenvalue weighted by atomic mass is 32.2. The molecule has 2 fully saturated rings. The van der Waals surface area contributed by atoms with Crippen LogP contribution in [-0.2, 0) is 25.5 Å². The fourth-order valence-electron chi connectivity index (χ4n) is 5.25. The molecule has 34 heavy (non-hydrogen) atoms. The van der Waals surface area contributed by atoms with Gasteiger partial charge < -0.3 is 4.74 Å². The summed E-state index contributed by atoms with van der Waals surface area (Å²) >= 11 is 1.81. The molecule has 1 N–H and O–H groups in total. The van der Waals surface area contributed by atoms with Crippen molar-refractivity contribution in [3.63, 3.8) is 0 Å². The molecule has 180 valence electrons. The summed E-state index contributed by atoms with van der Waals surface area (Å²) in [6, 6.07) is 17.2. The highest BCUT2D eigenvalue weighted by Gasteiger charge is 2.68. The maximum Gasteiger partial charge on any atom is 0.327 e. The minimum Gasteiger partial charge on any atom is -0.468 e. The van der Waals surface area contributed by atoms with E-state index in [0.717, 1.165) is 22.4 Å². The van der Waals surface area contributed by atoms with Crippen LogP contribution in [0, 0.1) is 11.8 Å². The molecule has 5 atom stereocenters. The summed E-state index contributed by atoms with van der Waals surface area (Å²) in [5, 5.41) is 3.95. The zero-order valence-electron chi connectivity index (χ0n) is 20.1. The van der Waals surface area contributed by atoms with E-state index in [0.29, 0.717) is 5.25 Å². The lowest BCUT2D eigenvalue weighted by Crippen LogP contribution is -2.57. The Morgan fingerprint density at radius 3 is 2.35 bits per heavy atom. The zero-order chi connectivity index (χ0) is 24.5.